The maximum Gasteiger partial charge on any atom is 0.333 e. The van der Waals surface area contributed by atoms with Crippen molar-refractivity contribution < 1.29 is 19.1 Å². The number of aromatic nitrogens is 1. The van der Waals surface area contributed by atoms with Crippen LogP contribution in [0.5, 0.6) is 0 Å². The van der Waals surface area contributed by atoms with Crippen molar-refractivity contribution in [1.29, 1.82) is 5.26 Å². The summed E-state index contributed by atoms with van der Waals surface area (Å²) in [6, 6.07) is 8.82. The monoisotopic (exact) mass is 427 g/mol. The van der Waals surface area contributed by atoms with E-state index in [1.165, 1.54) is 10.6 Å². The molecule has 0 radical (unpaired) electrons. The molecular formula is C21H21N3O5S. The molecule has 1 aromatic carbocycles. The summed E-state index contributed by atoms with van der Waals surface area (Å²) in [4.78, 5) is 39.3. The van der Waals surface area contributed by atoms with Gasteiger partial charge in [0, 0.05) is 13.1 Å². The van der Waals surface area contributed by atoms with Gasteiger partial charge in [0.2, 0.25) is 5.91 Å². The van der Waals surface area contributed by atoms with Crippen molar-refractivity contribution in [3.05, 3.63) is 54.9 Å². The molecule has 1 aliphatic rings. The van der Waals surface area contributed by atoms with Crippen LogP contribution in [-0.4, -0.2) is 54.3 Å². The average molecular weight is 427 g/mol. The molecule has 1 amide bonds. The van der Waals surface area contributed by atoms with Gasteiger partial charge in [-0.25, -0.2) is 4.79 Å². The highest BCUT2D eigenvalue weighted by atomic mass is 32.1. The number of nitrogens with zero attached hydrogens (tertiary/aromatic N) is 3. The quantitative estimate of drug-likeness (QED) is 0.613. The van der Waals surface area contributed by atoms with Crippen molar-refractivity contribution in [2.24, 2.45) is 0 Å². The van der Waals surface area contributed by atoms with E-state index >= 15 is 0 Å². The van der Waals surface area contributed by atoms with E-state index in [4.69, 9.17) is 14.7 Å². The number of carbonyl (C=O) groups is 2. The first-order chi connectivity index (χ1) is 14.5. The summed E-state index contributed by atoms with van der Waals surface area (Å²) in [6.07, 6.45) is 2.91. The normalized spacial score (nSPS) is 15.1. The Morgan fingerprint density at radius 2 is 1.97 bits per heavy atom. The lowest BCUT2D eigenvalue weighted by Crippen LogP contribution is -2.45. The van der Waals surface area contributed by atoms with Gasteiger partial charge in [0.25, 0.3) is 5.56 Å². The lowest BCUT2D eigenvalue weighted by molar-refractivity contribution is -0.136. The van der Waals surface area contributed by atoms with Crippen LogP contribution >= 0.6 is 11.3 Å². The van der Waals surface area contributed by atoms with Crippen molar-refractivity contribution in [1.82, 2.24) is 9.47 Å². The minimum atomic E-state index is -0.573. The highest BCUT2D eigenvalue weighted by Crippen LogP contribution is 2.04. The number of carbonyl (C=O) groups excluding carboxylic acids is 2. The maximum absolute atomic E-state index is 13.0. The van der Waals surface area contributed by atoms with Crippen LogP contribution in [0.2, 0.25) is 0 Å². The zero-order valence-corrected chi connectivity index (χ0v) is 17.3. The summed E-state index contributed by atoms with van der Waals surface area (Å²) in [7, 11) is 0. The first-order valence-corrected chi connectivity index (χ1v) is 10.3. The molecule has 2 heterocycles. The Labute approximate surface area is 176 Å². The fourth-order valence-corrected chi connectivity index (χ4v) is 3.96. The number of morpholine rings is 1. The van der Waals surface area contributed by atoms with Crippen LogP contribution in [0, 0.1) is 11.3 Å². The summed E-state index contributed by atoms with van der Waals surface area (Å²) >= 11 is 1.11. The van der Waals surface area contributed by atoms with Crippen LogP contribution in [0.3, 0.4) is 0 Å². The largest absolute Gasteiger partial charge is 0.463 e. The minimum Gasteiger partial charge on any atom is -0.463 e. The van der Waals surface area contributed by atoms with Crippen molar-refractivity contribution in [3.63, 3.8) is 0 Å². The molecule has 8 nitrogen and oxygen atoms in total. The molecule has 1 aliphatic heterocycles. The van der Waals surface area contributed by atoms with E-state index < -0.39 is 5.97 Å². The molecule has 0 N–H and O–H groups in total. The molecule has 9 heteroatoms. The maximum atomic E-state index is 13.0. The highest BCUT2D eigenvalue weighted by molar-refractivity contribution is 7.07. The van der Waals surface area contributed by atoms with Crippen LogP contribution < -0.4 is 14.8 Å². The van der Waals surface area contributed by atoms with Crippen molar-refractivity contribution in [2.45, 2.75) is 13.5 Å². The van der Waals surface area contributed by atoms with Gasteiger partial charge in [-0.15, -0.1) is 11.3 Å². The van der Waals surface area contributed by atoms with Crippen LogP contribution in [0.4, 0.5) is 0 Å². The van der Waals surface area contributed by atoms with Crippen LogP contribution in [-0.2, 0) is 25.6 Å². The predicted molar refractivity (Wildman–Crippen MR) is 111 cm³/mol. The molecule has 0 aliphatic carbocycles. The third-order valence-electron chi connectivity index (χ3n) is 4.46. The molecule has 0 spiro atoms. The second kappa shape index (κ2) is 10.0. The Balaban J connectivity index is 2.01. The van der Waals surface area contributed by atoms with Gasteiger partial charge in [-0.05, 0) is 30.7 Å². The van der Waals surface area contributed by atoms with E-state index in [9.17, 15) is 14.4 Å². The first kappa shape index (κ1) is 21.5. The SMILES string of the molecule is CCOC(=O)/C=c1\s/c(=C\c2ccc(C#N)cc2)c(=O)n1CC(=O)N1CCOCC1. The number of rotatable bonds is 5. The van der Waals surface area contributed by atoms with Gasteiger partial charge in [0.15, 0.2) is 0 Å². The van der Waals surface area contributed by atoms with E-state index in [2.05, 4.69) is 0 Å². The molecule has 0 saturated carbocycles. The fourth-order valence-electron chi connectivity index (χ4n) is 2.93. The molecule has 1 aromatic heterocycles. The lowest BCUT2D eigenvalue weighted by Gasteiger charge is -2.26. The second-order valence-electron chi connectivity index (χ2n) is 6.46. The Morgan fingerprint density at radius 3 is 2.60 bits per heavy atom. The number of hydrogen-bond acceptors (Lipinski definition) is 7. The van der Waals surface area contributed by atoms with Crippen LogP contribution in [0.15, 0.2) is 29.1 Å². The van der Waals surface area contributed by atoms with E-state index in [-0.39, 0.29) is 24.6 Å². The number of hydrogen-bond donors (Lipinski definition) is 0. The van der Waals surface area contributed by atoms with Gasteiger partial charge in [-0.3, -0.25) is 14.2 Å². The Kier molecular flexibility index (Phi) is 7.17. The number of esters is 1. The van der Waals surface area contributed by atoms with Crippen LogP contribution in [0.25, 0.3) is 12.2 Å². The average Bonchev–Trinajstić information content (AvgIpc) is 3.03. The summed E-state index contributed by atoms with van der Waals surface area (Å²) in [5.74, 6) is -0.780. The third-order valence-corrected chi connectivity index (χ3v) is 5.52. The summed E-state index contributed by atoms with van der Waals surface area (Å²) < 4.78 is 12.2. The van der Waals surface area contributed by atoms with Gasteiger partial charge in [0.1, 0.15) is 11.2 Å². The highest BCUT2D eigenvalue weighted by Gasteiger charge is 2.19. The van der Waals surface area contributed by atoms with E-state index in [0.29, 0.717) is 41.1 Å². The van der Waals surface area contributed by atoms with E-state index in [1.807, 2.05) is 6.07 Å². The molecule has 1 saturated heterocycles. The zero-order valence-electron chi connectivity index (χ0n) is 16.5. The lowest BCUT2D eigenvalue weighted by atomic mass is 10.1. The van der Waals surface area contributed by atoms with Crippen molar-refractivity contribution in [2.75, 3.05) is 32.9 Å². The smallest absolute Gasteiger partial charge is 0.333 e. The van der Waals surface area contributed by atoms with Gasteiger partial charge in [-0.2, -0.15) is 5.26 Å². The Hall–Kier alpha value is -3.22. The molecule has 0 unspecified atom stereocenters. The molecule has 0 atom stereocenters. The number of thiazole rings is 1. The number of nitriles is 1. The molecule has 3 rings (SSSR count). The summed E-state index contributed by atoms with van der Waals surface area (Å²) in [5, 5.41) is 8.92. The van der Waals surface area contributed by atoms with Crippen LogP contribution in [0.1, 0.15) is 18.1 Å². The van der Waals surface area contributed by atoms with Gasteiger partial charge in [0.05, 0.1) is 42.1 Å². The summed E-state index contributed by atoms with van der Waals surface area (Å²) in [6.45, 7) is 3.61. The van der Waals surface area contributed by atoms with E-state index in [1.54, 1.807) is 42.2 Å². The van der Waals surface area contributed by atoms with Gasteiger partial charge >= 0.3 is 5.97 Å². The molecule has 2 aromatic rings. The molecule has 30 heavy (non-hydrogen) atoms. The summed E-state index contributed by atoms with van der Waals surface area (Å²) in [5.41, 5.74) is 0.895. The number of ether oxygens (including phenoxy) is 2. The minimum absolute atomic E-state index is 0.165. The molecular weight excluding hydrogens is 406 g/mol. The van der Waals surface area contributed by atoms with Gasteiger partial charge in [-0.1, -0.05) is 12.1 Å². The van der Waals surface area contributed by atoms with E-state index in [0.717, 1.165) is 16.9 Å². The molecule has 1 fully saturated rings. The number of benzene rings is 1. The molecule has 156 valence electrons. The Bertz CT molecular complexity index is 1140. The fraction of sp³-hybridized carbons (Fsp3) is 0.333. The Morgan fingerprint density at radius 1 is 1.27 bits per heavy atom. The molecule has 0 bridgehead atoms. The zero-order chi connectivity index (χ0) is 21.5. The topological polar surface area (TPSA) is 102 Å². The van der Waals surface area contributed by atoms with Gasteiger partial charge < -0.3 is 14.4 Å². The first-order valence-electron chi connectivity index (χ1n) is 9.47. The third kappa shape index (κ3) is 5.23. The predicted octanol–water partition coefficient (Wildman–Crippen LogP) is -0.187. The standard InChI is InChI=1S/C21H21N3O5S/c1-2-29-20(26)12-19-24(14-18(25)23-7-9-28-10-8-23)21(27)17(30-19)11-15-3-5-16(13-22)6-4-15/h3-6,11-12H,2,7-10,14H2,1H3/b17-11-,19-12-. The number of amides is 1. The van der Waals surface area contributed by atoms with Crippen molar-refractivity contribution >= 4 is 35.4 Å². The second-order valence-corrected chi connectivity index (χ2v) is 7.53. The van der Waals surface area contributed by atoms with Crippen molar-refractivity contribution in [3.8, 4) is 6.07 Å².